The number of hydrogen-bond acceptors (Lipinski definition) is 4. The lowest BCUT2D eigenvalue weighted by Crippen LogP contribution is -2.52. The zero-order chi connectivity index (χ0) is 14.4. The minimum Gasteiger partial charge on any atom is -0.381 e. The predicted molar refractivity (Wildman–Crippen MR) is 75.2 cm³/mol. The molecule has 2 saturated heterocycles. The van der Waals surface area contributed by atoms with Gasteiger partial charge in [-0.3, -0.25) is 14.5 Å². The lowest BCUT2D eigenvalue weighted by molar-refractivity contribution is -0.130. The first-order valence-corrected chi connectivity index (χ1v) is 7.51. The van der Waals surface area contributed by atoms with Gasteiger partial charge in [0, 0.05) is 26.1 Å². The summed E-state index contributed by atoms with van der Waals surface area (Å²) in [7, 11) is 1.65. The summed E-state index contributed by atoms with van der Waals surface area (Å²) in [4.78, 5) is 25.8. The summed E-state index contributed by atoms with van der Waals surface area (Å²) in [5, 5.41) is 5.64. The number of hydrogen-bond donors (Lipinski definition) is 2. The molecule has 2 atom stereocenters. The molecule has 6 nitrogen and oxygen atoms in total. The van der Waals surface area contributed by atoms with E-state index in [4.69, 9.17) is 4.74 Å². The lowest BCUT2D eigenvalue weighted by Gasteiger charge is -2.33. The summed E-state index contributed by atoms with van der Waals surface area (Å²) >= 11 is 0. The smallest absolute Gasteiger partial charge is 0.237 e. The van der Waals surface area contributed by atoms with E-state index in [0.29, 0.717) is 19.0 Å². The molecule has 0 aliphatic carbocycles. The molecule has 0 aromatic heterocycles. The zero-order valence-electron chi connectivity index (χ0n) is 12.2. The lowest BCUT2D eigenvalue weighted by atomic mass is 10.0. The highest BCUT2D eigenvalue weighted by Crippen LogP contribution is 2.16. The first-order valence-electron chi connectivity index (χ1n) is 7.51. The van der Waals surface area contributed by atoms with Crippen molar-refractivity contribution in [3.63, 3.8) is 0 Å². The zero-order valence-corrected chi connectivity index (χ0v) is 12.2. The van der Waals surface area contributed by atoms with Gasteiger partial charge < -0.3 is 15.4 Å². The third-order valence-corrected chi connectivity index (χ3v) is 4.12. The normalized spacial score (nSPS) is 27.2. The van der Waals surface area contributed by atoms with E-state index < -0.39 is 0 Å². The molecule has 2 aliphatic heterocycles. The van der Waals surface area contributed by atoms with Gasteiger partial charge in [0.25, 0.3) is 0 Å². The largest absolute Gasteiger partial charge is 0.381 e. The summed E-state index contributed by atoms with van der Waals surface area (Å²) in [6.45, 7) is 3.34. The molecule has 20 heavy (non-hydrogen) atoms. The summed E-state index contributed by atoms with van der Waals surface area (Å²) in [5.74, 6) is 0.462. The maximum atomic E-state index is 12.0. The number of carbonyl (C=O) groups excluding carboxylic acids is 2. The molecule has 2 N–H and O–H groups in total. The molecule has 6 heteroatoms. The van der Waals surface area contributed by atoms with Crippen molar-refractivity contribution in [3.05, 3.63) is 0 Å². The van der Waals surface area contributed by atoms with Gasteiger partial charge in [-0.25, -0.2) is 0 Å². The molecule has 2 heterocycles. The van der Waals surface area contributed by atoms with Gasteiger partial charge in [-0.1, -0.05) is 6.42 Å². The van der Waals surface area contributed by atoms with Crippen molar-refractivity contribution in [2.24, 2.45) is 5.92 Å². The highest BCUT2D eigenvalue weighted by atomic mass is 16.5. The predicted octanol–water partition coefficient (Wildman–Crippen LogP) is -0.260. The Morgan fingerprint density at radius 3 is 2.85 bits per heavy atom. The molecule has 0 aromatic carbocycles. The highest BCUT2D eigenvalue weighted by Gasteiger charge is 2.29. The molecular weight excluding hydrogens is 258 g/mol. The first kappa shape index (κ1) is 15.3. The second kappa shape index (κ2) is 7.59. The fourth-order valence-corrected chi connectivity index (χ4v) is 2.89. The Bertz CT molecular complexity index is 343. The maximum absolute atomic E-state index is 12.0. The van der Waals surface area contributed by atoms with Gasteiger partial charge in [-0.2, -0.15) is 0 Å². The standard InChI is InChI=1S/C14H25N3O3/c1-15-14(19)12-4-2-3-6-17(12)9-13(18)16-8-11-5-7-20-10-11/h11-12H,2-10H2,1H3,(H,15,19)(H,16,18)/t11-,12-/m0/s1. The van der Waals surface area contributed by atoms with Crippen LogP contribution >= 0.6 is 0 Å². The second-order valence-electron chi connectivity index (χ2n) is 5.63. The first-order chi connectivity index (χ1) is 9.70. The highest BCUT2D eigenvalue weighted by molar-refractivity contribution is 5.83. The van der Waals surface area contributed by atoms with Crippen molar-refractivity contribution in [1.82, 2.24) is 15.5 Å². The van der Waals surface area contributed by atoms with Gasteiger partial charge in [0.05, 0.1) is 19.2 Å². The Hall–Kier alpha value is -1.14. The number of ether oxygens (including phenoxy) is 1. The van der Waals surface area contributed by atoms with Crippen molar-refractivity contribution in [2.75, 3.05) is 39.9 Å². The number of rotatable bonds is 5. The fourth-order valence-electron chi connectivity index (χ4n) is 2.89. The van der Waals surface area contributed by atoms with Gasteiger partial charge in [0.2, 0.25) is 11.8 Å². The average molecular weight is 283 g/mol. The maximum Gasteiger partial charge on any atom is 0.237 e. The number of likely N-dealkylation sites (N-methyl/N-ethyl adjacent to an activating group) is 1. The van der Waals surface area contributed by atoms with Crippen molar-refractivity contribution in [1.29, 1.82) is 0 Å². The van der Waals surface area contributed by atoms with E-state index in [1.807, 2.05) is 4.90 Å². The molecule has 0 unspecified atom stereocenters. The number of amides is 2. The summed E-state index contributed by atoms with van der Waals surface area (Å²) in [6.07, 6.45) is 3.96. The minimum absolute atomic E-state index is 0.00713. The minimum atomic E-state index is -0.158. The molecule has 0 spiro atoms. The molecule has 2 aliphatic rings. The van der Waals surface area contributed by atoms with Crippen LogP contribution in [0.3, 0.4) is 0 Å². The second-order valence-corrected chi connectivity index (χ2v) is 5.63. The number of nitrogens with zero attached hydrogens (tertiary/aromatic N) is 1. The van der Waals surface area contributed by atoms with Gasteiger partial charge in [0.1, 0.15) is 0 Å². The molecule has 0 bridgehead atoms. The van der Waals surface area contributed by atoms with Gasteiger partial charge in [-0.15, -0.1) is 0 Å². The van der Waals surface area contributed by atoms with E-state index in [1.54, 1.807) is 7.05 Å². The van der Waals surface area contributed by atoms with E-state index in [2.05, 4.69) is 10.6 Å². The average Bonchev–Trinajstić information content (AvgIpc) is 2.98. The SMILES string of the molecule is CNC(=O)[C@@H]1CCCCN1CC(=O)NC[C@@H]1CCOC1. The topological polar surface area (TPSA) is 70.7 Å². The number of carbonyl (C=O) groups is 2. The van der Waals surface area contributed by atoms with Crippen molar-refractivity contribution >= 4 is 11.8 Å². The molecule has 0 saturated carbocycles. The van der Waals surface area contributed by atoms with Crippen LogP contribution in [0.5, 0.6) is 0 Å². The molecule has 2 fully saturated rings. The van der Waals surface area contributed by atoms with E-state index in [-0.39, 0.29) is 17.9 Å². The third-order valence-electron chi connectivity index (χ3n) is 4.12. The Labute approximate surface area is 120 Å². The monoisotopic (exact) mass is 283 g/mol. The molecule has 0 aromatic rings. The number of piperidine rings is 1. The Kier molecular flexibility index (Phi) is 5.79. The molecule has 2 rings (SSSR count). The number of nitrogens with one attached hydrogen (secondary N) is 2. The van der Waals surface area contributed by atoms with Crippen LogP contribution in [0.1, 0.15) is 25.7 Å². The van der Waals surface area contributed by atoms with Crippen LogP contribution < -0.4 is 10.6 Å². The van der Waals surface area contributed by atoms with Crippen molar-refractivity contribution < 1.29 is 14.3 Å². The summed E-state index contributed by atoms with van der Waals surface area (Å²) in [6, 6.07) is -0.158. The number of likely N-dealkylation sites (tertiary alicyclic amines) is 1. The quantitative estimate of drug-likeness (QED) is 0.729. The molecule has 0 radical (unpaired) electrons. The van der Waals surface area contributed by atoms with E-state index in [0.717, 1.165) is 45.4 Å². The van der Waals surface area contributed by atoms with Crippen LogP contribution in [0.15, 0.2) is 0 Å². The van der Waals surface area contributed by atoms with Crippen LogP contribution in [0, 0.1) is 5.92 Å². The fraction of sp³-hybridized carbons (Fsp3) is 0.857. The molecular formula is C14H25N3O3. The Balaban J connectivity index is 1.77. The van der Waals surface area contributed by atoms with Crippen molar-refractivity contribution in [3.8, 4) is 0 Å². The van der Waals surface area contributed by atoms with Crippen LogP contribution in [0.25, 0.3) is 0 Å². The summed E-state index contributed by atoms with van der Waals surface area (Å²) < 4.78 is 5.29. The summed E-state index contributed by atoms with van der Waals surface area (Å²) in [5.41, 5.74) is 0. The van der Waals surface area contributed by atoms with Crippen LogP contribution in [0.2, 0.25) is 0 Å². The molecule has 114 valence electrons. The molecule has 2 amide bonds. The van der Waals surface area contributed by atoms with Crippen molar-refractivity contribution in [2.45, 2.75) is 31.7 Å². The Morgan fingerprint density at radius 1 is 1.30 bits per heavy atom. The van der Waals surface area contributed by atoms with Gasteiger partial charge in [-0.05, 0) is 25.8 Å². The third kappa shape index (κ3) is 4.18. The van der Waals surface area contributed by atoms with Crippen LogP contribution in [-0.4, -0.2) is 62.7 Å². The van der Waals surface area contributed by atoms with E-state index in [9.17, 15) is 9.59 Å². The van der Waals surface area contributed by atoms with Crippen LogP contribution in [0.4, 0.5) is 0 Å². The van der Waals surface area contributed by atoms with Gasteiger partial charge in [0.15, 0.2) is 0 Å². The van der Waals surface area contributed by atoms with Crippen LogP contribution in [-0.2, 0) is 14.3 Å². The van der Waals surface area contributed by atoms with E-state index in [1.165, 1.54) is 0 Å². The Morgan fingerprint density at radius 2 is 2.15 bits per heavy atom. The van der Waals surface area contributed by atoms with Gasteiger partial charge >= 0.3 is 0 Å². The van der Waals surface area contributed by atoms with E-state index >= 15 is 0 Å².